The molecule has 0 aliphatic heterocycles. The molecule has 0 fully saturated rings. The molecule has 0 saturated carbocycles. The van der Waals surface area contributed by atoms with Gasteiger partial charge >= 0.3 is 11.9 Å². The van der Waals surface area contributed by atoms with Crippen molar-refractivity contribution in [2.45, 2.75) is 20.4 Å². The van der Waals surface area contributed by atoms with Gasteiger partial charge in [0.1, 0.15) is 12.3 Å². The molecule has 22 heavy (non-hydrogen) atoms. The summed E-state index contributed by atoms with van der Waals surface area (Å²) in [6.07, 6.45) is 0. The van der Waals surface area contributed by atoms with E-state index in [-0.39, 0.29) is 19.1 Å². The lowest BCUT2D eigenvalue weighted by atomic mass is 10.1. The number of carbonyl (C=O) groups excluding carboxylic acids is 2. The zero-order valence-corrected chi connectivity index (χ0v) is 13.1. The van der Waals surface area contributed by atoms with Crippen molar-refractivity contribution in [2.75, 3.05) is 20.8 Å². The second-order valence-corrected chi connectivity index (χ2v) is 4.73. The largest absolute Gasteiger partial charge is 0.497 e. The van der Waals surface area contributed by atoms with Crippen LogP contribution in [0.25, 0.3) is 10.9 Å². The van der Waals surface area contributed by atoms with Crippen LogP contribution in [-0.2, 0) is 20.8 Å². The van der Waals surface area contributed by atoms with Gasteiger partial charge in [0, 0.05) is 16.6 Å². The minimum absolute atomic E-state index is 0.0323. The molecule has 6 nitrogen and oxygen atoms in total. The third-order valence-electron chi connectivity index (χ3n) is 3.52. The van der Waals surface area contributed by atoms with E-state index in [1.165, 1.54) is 7.11 Å². The Labute approximate surface area is 128 Å². The Morgan fingerprint density at radius 2 is 1.95 bits per heavy atom. The molecule has 1 aromatic carbocycles. The highest BCUT2D eigenvalue weighted by Crippen LogP contribution is 2.30. The number of benzene rings is 1. The predicted octanol–water partition coefficient (Wildman–Crippen LogP) is 2.31. The molecule has 0 saturated heterocycles. The summed E-state index contributed by atoms with van der Waals surface area (Å²) in [7, 11) is 2.89. The maximum atomic E-state index is 12.3. The van der Waals surface area contributed by atoms with Gasteiger partial charge in [-0.15, -0.1) is 0 Å². The summed E-state index contributed by atoms with van der Waals surface area (Å²) in [5, 5.41) is 0.694. The molecular weight excluding hydrogens is 286 g/mol. The van der Waals surface area contributed by atoms with Crippen LogP contribution in [0.4, 0.5) is 0 Å². The molecular formula is C16H19NO5. The zero-order valence-electron chi connectivity index (χ0n) is 13.1. The van der Waals surface area contributed by atoms with Gasteiger partial charge in [-0.3, -0.25) is 4.79 Å². The molecule has 1 heterocycles. The highest BCUT2D eigenvalue weighted by molar-refractivity contribution is 6.06. The number of aromatic nitrogens is 1. The fourth-order valence-corrected chi connectivity index (χ4v) is 2.45. The third-order valence-corrected chi connectivity index (χ3v) is 3.52. The van der Waals surface area contributed by atoms with Crippen LogP contribution in [0.5, 0.6) is 5.75 Å². The number of hydrogen-bond donors (Lipinski definition) is 0. The van der Waals surface area contributed by atoms with Gasteiger partial charge in [0.05, 0.1) is 26.4 Å². The predicted molar refractivity (Wildman–Crippen MR) is 81.2 cm³/mol. The molecule has 0 atom stereocenters. The first kappa shape index (κ1) is 15.9. The molecule has 0 N–H and O–H groups in total. The van der Waals surface area contributed by atoms with Gasteiger partial charge in [-0.25, -0.2) is 4.79 Å². The summed E-state index contributed by atoms with van der Waals surface area (Å²) in [5.41, 5.74) is 1.86. The Balaban J connectivity index is 2.67. The van der Waals surface area contributed by atoms with Crippen molar-refractivity contribution in [3.8, 4) is 5.75 Å². The van der Waals surface area contributed by atoms with Crippen molar-refractivity contribution < 1.29 is 23.8 Å². The molecule has 1 aromatic heterocycles. The van der Waals surface area contributed by atoms with E-state index in [9.17, 15) is 9.59 Å². The van der Waals surface area contributed by atoms with E-state index >= 15 is 0 Å². The second kappa shape index (κ2) is 6.51. The fraction of sp³-hybridized carbons (Fsp3) is 0.375. The van der Waals surface area contributed by atoms with Crippen molar-refractivity contribution >= 4 is 22.8 Å². The molecule has 0 aliphatic carbocycles. The van der Waals surface area contributed by atoms with E-state index in [0.29, 0.717) is 22.4 Å². The molecule has 0 radical (unpaired) electrons. The first-order chi connectivity index (χ1) is 10.5. The van der Waals surface area contributed by atoms with Crippen LogP contribution in [0.3, 0.4) is 0 Å². The van der Waals surface area contributed by atoms with Gasteiger partial charge in [0.2, 0.25) is 0 Å². The molecule has 2 aromatic rings. The van der Waals surface area contributed by atoms with E-state index < -0.39 is 5.97 Å². The van der Waals surface area contributed by atoms with E-state index in [4.69, 9.17) is 14.2 Å². The average molecular weight is 305 g/mol. The maximum absolute atomic E-state index is 12.3. The topological polar surface area (TPSA) is 66.8 Å². The van der Waals surface area contributed by atoms with Gasteiger partial charge in [-0.05, 0) is 32.0 Å². The van der Waals surface area contributed by atoms with E-state index in [0.717, 1.165) is 5.52 Å². The van der Waals surface area contributed by atoms with Gasteiger partial charge in [0.25, 0.3) is 0 Å². The summed E-state index contributed by atoms with van der Waals surface area (Å²) in [4.78, 5) is 23.9. The van der Waals surface area contributed by atoms with Gasteiger partial charge in [0.15, 0.2) is 0 Å². The van der Waals surface area contributed by atoms with Crippen molar-refractivity contribution in [1.82, 2.24) is 4.57 Å². The minimum Gasteiger partial charge on any atom is -0.497 e. The summed E-state index contributed by atoms with van der Waals surface area (Å²) in [6, 6.07) is 5.36. The summed E-state index contributed by atoms with van der Waals surface area (Å²) >= 11 is 0. The van der Waals surface area contributed by atoms with E-state index in [1.807, 2.05) is 6.07 Å². The quantitative estimate of drug-likeness (QED) is 0.793. The first-order valence-electron chi connectivity index (χ1n) is 6.94. The Bertz CT molecular complexity index is 717. The Morgan fingerprint density at radius 3 is 2.55 bits per heavy atom. The normalized spacial score (nSPS) is 10.5. The van der Waals surface area contributed by atoms with Crippen LogP contribution in [-0.4, -0.2) is 37.3 Å². The van der Waals surface area contributed by atoms with Crippen LogP contribution in [0.1, 0.15) is 23.0 Å². The second-order valence-electron chi connectivity index (χ2n) is 4.73. The summed E-state index contributed by atoms with van der Waals surface area (Å²) in [5.74, 6) is -0.165. The van der Waals surface area contributed by atoms with E-state index in [2.05, 4.69) is 0 Å². The van der Waals surface area contributed by atoms with Crippen molar-refractivity contribution in [3.05, 3.63) is 29.5 Å². The average Bonchev–Trinajstić information content (AvgIpc) is 2.78. The maximum Gasteiger partial charge on any atom is 0.340 e. The summed E-state index contributed by atoms with van der Waals surface area (Å²) in [6.45, 7) is 3.85. The SMILES string of the molecule is CCOC(=O)c1c(C)n(CC(=O)OC)c2ccc(OC)cc12. The number of carbonyl (C=O) groups is 2. The molecule has 6 heteroatoms. The lowest BCUT2D eigenvalue weighted by Crippen LogP contribution is -2.13. The molecule has 118 valence electrons. The zero-order chi connectivity index (χ0) is 16.3. The number of ether oxygens (including phenoxy) is 3. The Hall–Kier alpha value is -2.50. The van der Waals surface area contributed by atoms with Crippen molar-refractivity contribution in [3.63, 3.8) is 0 Å². The Morgan fingerprint density at radius 1 is 1.23 bits per heavy atom. The first-order valence-corrected chi connectivity index (χ1v) is 6.94. The third kappa shape index (κ3) is 2.77. The van der Waals surface area contributed by atoms with Crippen LogP contribution in [0.15, 0.2) is 18.2 Å². The van der Waals surface area contributed by atoms with Gasteiger partial charge < -0.3 is 18.8 Å². The molecule has 2 rings (SSSR count). The Kier molecular flexibility index (Phi) is 4.70. The van der Waals surface area contributed by atoms with Crippen LogP contribution in [0.2, 0.25) is 0 Å². The monoisotopic (exact) mass is 305 g/mol. The number of rotatable bonds is 5. The summed E-state index contributed by atoms with van der Waals surface area (Å²) < 4.78 is 16.8. The smallest absolute Gasteiger partial charge is 0.340 e. The number of nitrogens with zero attached hydrogens (tertiary/aromatic N) is 1. The lowest BCUT2D eigenvalue weighted by Gasteiger charge is -2.07. The number of fused-ring (bicyclic) bond motifs is 1. The van der Waals surface area contributed by atoms with Gasteiger partial charge in [-0.1, -0.05) is 0 Å². The molecule has 0 bridgehead atoms. The van der Waals surface area contributed by atoms with Gasteiger partial charge in [-0.2, -0.15) is 0 Å². The molecule has 0 unspecified atom stereocenters. The van der Waals surface area contributed by atoms with Crippen molar-refractivity contribution in [2.24, 2.45) is 0 Å². The molecule has 0 spiro atoms. The molecule has 0 aliphatic rings. The van der Waals surface area contributed by atoms with Crippen LogP contribution in [0, 0.1) is 6.92 Å². The van der Waals surface area contributed by atoms with Crippen molar-refractivity contribution in [1.29, 1.82) is 0 Å². The number of hydrogen-bond acceptors (Lipinski definition) is 5. The standard InChI is InChI=1S/C16H19NO5/c1-5-22-16(19)15-10(2)17(9-14(18)21-4)13-7-6-11(20-3)8-12(13)15/h6-8H,5,9H2,1-4H3. The minimum atomic E-state index is -0.415. The fourth-order valence-electron chi connectivity index (χ4n) is 2.45. The highest BCUT2D eigenvalue weighted by Gasteiger charge is 2.22. The molecule has 0 amide bonds. The highest BCUT2D eigenvalue weighted by atomic mass is 16.5. The van der Waals surface area contributed by atoms with Crippen LogP contribution >= 0.6 is 0 Å². The van der Waals surface area contributed by atoms with E-state index in [1.54, 1.807) is 37.7 Å². The lowest BCUT2D eigenvalue weighted by molar-refractivity contribution is -0.141. The number of methoxy groups -OCH3 is 2. The number of esters is 2. The van der Waals surface area contributed by atoms with Crippen LogP contribution < -0.4 is 4.74 Å².